The van der Waals surface area contributed by atoms with Gasteiger partial charge in [-0.1, -0.05) is 24.8 Å². The highest BCUT2D eigenvalue weighted by Gasteiger charge is 2.27. The Morgan fingerprint density at radius 1 is 1.38 bits per heavy atom. The van der Waals surface area contributed by atoms with Crippen molar-refractivity contribution in [2.75, 3.05) is 0 Å². The summed E-state index contributed by atoms with van der Waals surface area (Å²) in [6, 6.07) is 7.86. The number of hydrogen-bond acceptors (Lipinski definition) is 2. The van der Waals surface area contributed by atoms with E-state index in [2.05, 4.69) is 29.2 Å². The number of carbonyl (C=O) groups excluding carboxylic acids is 1. The van der Waals surface area contributed by atoms with Crippen LogP contribution in [-0.2, 0) is 15.1 Å². The fourth-order valence-corrected chi connectivity index (χ4v) is 2.36. The molecular formula is C13H15IO2. The van der Waals surface area contributed by atoms with Crippen molar-refractivity contribution in [1.82, 2.24) is 0 Å². The first-order valence-electron chi connectivity index (χ1n) is 4.98. The maximum atomic E-state index is 11.5. The largest absolute Gasteiger partial charge is 0.451 e. The molecule has 0 fully saturated rings. The molecule has 0 atom stereocenters. The second-order valence-corrected chi connectivity index (χ2v) is 5.32. The summed E-state index contributed by atoms with van der Waals surface area (Å²) in [5, 5.41) is 0. The topological polar surface area (TPSA) is 26.3 Å². The van der Waals surface area contributed by atoms with E-state index in [1.165, 1.54) is 0 Å². The summed E-state index contributed by atoms with van der Waals surface area (Å²) in [6.45, 7) is 8.99. The minimum atomic E-state index is -0.631. The Bertz CT molecular complexity index is 422. The van der Waals surface area contributed by atoms with Crippen LogP contribution in [0.3, 0.4) is 0 Å². The number of hydrogen-bond donors (Lipinski definition) is 0. The minimum absolute atomic E-state index is 0.357. The van der Waals surface area contributed by atoms with Crippen LogP contribution in [0.25, 0.3) is 0 Å². The molecule has 1 aromatic rings. The zero-order valence-electron chi connectivity index (χ0n) is 9.71. The first kappa shape index (κ1) is 13.2. The van der Waals surface area contributed by atoms with Crippen LogP contribution in [0.4, 0.5) is 0 Å². The van der Waals surface area contributed by atoms with Gasteiger partial charge in [0.1, 0.15) is 5.60 Å². The van der Waals surface area contributed by atoms with Crippen molar-refractivity contribution in [3.8, 4) is 0 Å². The van der Waals surface area contributed by atoms with Crippen LogP contribution < -0.4 is 0 Å². The van der Waals surface area contributed by atoms with Gasteiger partial charge in [-0.15, -0.1) is 0 Å². The van der Waals surface area contributed by atoms with E-state index in [0.717, 1.165) is 9.13 Å². The highest BCUT2D eigenvalue weighted by Crippen LogP contribution is 2.29. The summed E-state index contributed by atoms with van der Waals surface area (Å²) in [5.74, 6) is -0.357. The molecule has 0 aliphatic rings. The summed E-state index contributed by atoms with van der Waals surface area (Å²) in [5.41, 5.74) is 0.789. The number of benzene rings is 1. The molecule has 0 spiro atoms. The summed E-state index contributed by atoms with van der Waals surface area (Å²) >= 11 is 2.24. The highest BCUT2D eigenvalue weighted by atomic mass is 127. The van der Waals surface area contributed by atoms with Crippen LogP contribution in [0.15, 0.2) is 36.4 Å². The van der Waals surface area contributed by atoms with Crippen molar-refractivity contribution < 1.29 is 9.53 Å². The van der Waals surface area contributed by atoms with Crippen molar-refractivity contribution in [1.29, 1.82) is 0 Å². The Balaban J connectivity index is 2.98. The fraction of sp³-hybridized carbons (Fsp3) is 0.308. The van der Waals surface area contributed by atoms with E-state index in [0.29, 0.717) is 5.57 Å². The molecular weight excluding hydrogens is 315 g/mol. The molecule has 16 heavy (non-hydrogen) atoms. The fourth-order valence-electron chi connectivity index (χ4n) is 1.32. The third-order valence-electron chi connectivity index (χ3n) is 2.22. The molecule has 1 aromatic carbocycles. The van der Waals surface area contributed by atoms with Crippen molar-refractivity contribution in [2.24, 2.45) is 0 Å². The SMILES string of the molecule is C=C(C)C(=O)OC(C)(C)c1ccccc1I. The minimum Gasteiger partial charge on any atom is -0.451 e. The van der Waals surface area contributed by atoms with E-state index < -0.39 is 5.60 Å². The molecule has 0 aliphatic carbocycles. The lowest BCUT2D eigenvalue weighted by Crippen LogP contribution is -2.26. The van der Waals surface area contributed by atoms with Crippen LogP contribution in [0, 0.1) is 3.57 Å². The molecule has 0 aromatic heterocycles. The van der Waals surface area contributed by atoms with Gasteiger partial charge in [-0.05, 0) is 49.4 Å². The Hall–Kier alpha value is -0.840. The van der Waals surface area contributed by atoms with Gasteiger partial charge in [-0.2, -0.15) is 0 Å². The molecule has 0 saturated heterocycles. The maximum Gasteiger partial charge on any atom is 0.333 e. The van der Waals surface area contributed by atoms with Gasteiger partial charge >= 0.3 is 5.97 Å². The first-order valence-corrected chi connectivity index (χ1v) is 6.06. The summed E-state index contributed by atoms with van der Waals surface area (Å²) in [4.78, 5) is 11.5. The van der Waals surface area contributed by atoms with E-state index >= 15 is 0 Å². The second-order valence-electron chi connectivity index (χ2n) is 4.16. The molecule has 0 heterocycles. The van der Waals surface area contributed by atoms with Crippen molar-refractivity contribution >= 4 is 28.6 Å². The summed E-state index contributed by atoms with van der Waals surface area (Å²) < 4.78 is 6.51. The molecule has 86 valence electrons. The predicted octanol–water partition coefficient (Wildman–Crippen LogP) is 3.65. The van der Waals surface area contributed by atoms with Crippen molar-refractivity contribution in [2.45, 2.75) is 26.4 Å². The van der Waals surface area contributed by atoms with Gasteiger partial charge in [0, 0.05) is 14.7 Å². The van der Waals surface area contributed by atoms with Crippen molar-refractivity contribution in [3.63, 3.8) is 0 Å². The van der Waals surface area contributed by atoms with Gasteiger partial charge < -0.3 is 4.74 Å². The van der Waals surface area contributed by atoms with Gasteiger partial charge in [0.2, 0.25) is 0 Å². The lowest BCUT2D eigenvalue weighted by atomic mass is 9.98. The van der Waals surface area contributed by atoms with Crippen molar-refractivity contribution in [3.05, 3.63) is 45.6 Å². The molecule has 0 unspecified atom stereocenters. The lowest BCUT2D eigenvalue weighted by Gasteiger charge is -2.26. The predicted molar refractivity (Wildman–Crippen MR) is 73.1 cm³/mol. The van der Waals surface area contributed by atoms with Gasteiger partial charge in [-0.25, -0.2) is 4.79 Å². The summed E-state index contributed by atoms with van der Waals surface area (Å²) in [6.07, 6.45) is 0. The molecule has 0 aliphatic heterocycles. The molecule has 2 nitrogen and oxygen atoms in total. The van der Waals surface area contributed by atoms with E-state index in [1.807, 2.05) is 38.1 Å². The third-order valence-corrected chi connectivity index (χ3v) is 3.16. The maximum absolute atomic E-state index is 11.5. The van der Waals surface area contributed by atoms with Gasteiger partial charge in [-0.3, -0.25) is 0 Å². The average molecular weight is 330 g/mol. The number of halogens is 1. The third kappa shape index (κ3) is 3.07. The van der Waals surface area contributed by atoms with E-state index in [9.17, 15) is 4.79 Å². The monoisotopic (exact) mass is 330 g/mol. The van der Waals surface area contributed by atoms with Gasteiger partial charge in [0.15, 0.2) is 0 Å². The Labute approximate surface area is 110 Å². The highest BCUT2D eigenvalue weighted by molar-refractivity contribution is 14.1. The molecule has 1 rings (SSSR count). The number of ether oxygens (including phenoxy) is 1. The van der Waals surface area contributed by atoms with Crippen LogP contribution in [0.2, 0.25) is 0 Å². The Morgan fingerprint density at radius 2 is 1.94 bits per heavy atom. The zero-order chi connectivity index (χ0) is 12.3. The summed E-state index contributed by atoms with van der Waals surface area (Å²) in [7, 11) is 0. The van der Waals surface area contributed by atoms with Crippen LogP contribution in [0.1, 0.15) is 26.3 Å². The second kappa shape index (κ2) is 4.99. The first-order chi connectivity index (χ1) is 7.34. The van der Waals surface area contributed by atoms with Crippen LogP contribution in [-0.4, -0.2) is 5.97 Å². The number of carbonyl (C=O) groups is 1. The molecule has 0 radical (unpaired) electrons. The van der Waals surface area contributed by atoms with Crippen LogP contribution in [0.5, 0.6) is 0 Å². The average Bonchev–Trinajstić information content (AvgIpc) is 2.17. The number of esters is 1. The molecule has 0 saturated carbocycles. The van der Waals surface area contributed by atoms with E-state index in [-0.39, 0.29) is 5.97 Å². The normalized spacial score (nSPS) is 11.0. The molecule has 3 heteroatoms. The zero-order valence-corrected chi connectivity index (χ0v) is 11.9. The van der Waals surface area contributed by atoms with E-state index in [4.69, 9.17) is 4.74 Å². The smallest absolute Gasteiger partial charge is 0.333 e. The Kier molecular flexibility index (Phi) is 4.13. The quantitative estimate of drug-likeness (QED) is 0.480. The van der Waals surface area contributed by atoms with E-state index in [1.54, 1.807) is 6.92 Å². The van der Waals surface area contributed by atoms with Gasteiger partial charge in [0.25, 0.3) is 0 Å². The number of rotatable bonds is 3. The molecule has 0 bridgehead atoms. The molecule has 0 N–H and O–H groups in total. The van der Waals surface area contributed by atoms with Crippen LogP contribution >= 0.6 is 22.6 Å². The lowest BCUT2D eigenvalue weighted by molar-refractivity contribution is -0.152. The molecule has 0 amide bonds. The van der Waals surface area contributed by atoms with Gasteiger partial charge in [0.05, 0.1) is 0 Å². The standard InChI is InChI=1S/C13H15IO2/c1-9(2)12(15)16-13(3,4)10-7-5-6-8-11(10)14/h5-8H,1H2,2-4H3. The Morgan fingerprint density at radius 3 is 2.44 bits per heavy atom.